The molecule has 0 radical (unpaired) electrons. The number of aryl methyl sites for hydroxylation is 1. The van der Waals surface area contributed by atoms with Gasteiger partial charge in [-0.2, -0.15) is 4.98 Å². The van der Waals surface area contributed by atoms with Crippen molar-refractivity contribution in [3.63, 3.8) is 0 Å². The molecule has 1 saturated carbocycles. The summed E-state index contributed by atoms with van der Waals surface area (Å²) in [5, 5.41) is -0.244. The lowest BCUT2D eigenvalue weighted by atomic mass is 10.2. The zero-order valence-electron chi connectivity index (χ0n) is 18.2. The van der Waals surface area contributed by atoms with Crippen LogP contribution in [0.3, 0.4) is 0 Å². The van der Waals surface area contributed by atoms with Gasteiger partial charge in [-0.3, -0.25) is 4.79 Å². The molecule has 1 aliphatic heterocycles. The lowest BCUT2D eigenvalue weighted by Gasteiger charge is -2.34. The zero-order chi connectivity index (χ0) is 23.2. The Morgan fingerprint density at radius 2 is 1.70 bits per heavy atom. The Labute approximate surface area is 191 Å². The van der Waals surface area contributed by atoms with Crippen LogP contribution in [0.5, 0.6) is 0 Å². The Morgan fingerprint density at radius 3 is 2.33 bits per heavy atom. The van der Waals surface area contributed by atoms with Gasteiger partial charge in [0.15, 0.2) is 0 Å². The van der Waals surface area contributed by atoms with Crippen LogP contribution in [0.15, 0.2) is 62.9 Å². The SMILES string of the molecule is Cc1ccc(S(=O)(=O)c2nc(-c3ccccc3F)oc2N2CCN(C(=O)C3CC3)CC2)cc1. The smallest absolute Gasteiger partial charge is 0.236 e. The predicted octanol–water partition coefficient (Wildman–Crippen LogP) is 3.68. The van der Waals surface area contributed by atoms with Crippen molar-refractivity contribution in [1.82, 2.24) is 9.88 Å². The Kier molecular flexibility index (Phi) is 5.44. The number of benzene rings is 2. The van der Waals surface area contributed by atoms with Crippen LogP contribution < -0.4 is 4.90 Å². The van der Waals surface area contributed by atoms with Crippen molar-refractivity contribution in [2.75, 3.05) is 31.1 Å². The van der Waals surface area contributed by atoms with Gasteiger partial charge in [-0.1, -0.05) is 29.8 Å². The number of oxazole rings is 1. The maximum absolute atomic E-state index is 14.4. The molecule has 9 heteroatoms. The van der Waals surface area contributed by atoms with E-state index in [1.165, 1.54) is 24.3 Å². The minimum atomic E-state index is -4.02. The fourth-order valence-electron chi connectivity index (χ4n) is 3.97. The maximum atomic E-state index is 14.4. The number of halogens is 1. The summed E-state index contributed by atoms with van der Waals surface area (Å²) >= 11 is 0. The first kappa shape index (κ1) is 21.6. The summed E-state index contributed by atoms with van der Waals surface area (Å²) in [4.78, 5) is 20.3. The van der Waals surface area contributed by atoms with Crippen molar-refractivity contribution in [3.8, 4) is 11.5 Å². The third kappa shape index (κ3) is 4.13. The lowest BCUT2D eigenvalue weighted by Crippen LogP contribution is -2.49. The molecule has 0 spiro atoms. The first-order valence-electron chi connectivity index (χ1n) is 11.0. The molecule has 0 bridgehead atoms. The number of amides is 1. The second kappa shape index (κ2) is 8.30. The fourth-order valence-corrected chi connectivity index (χ4v) is 5.29. The number of nitrogens with zero attached hydrogens (tertiary/aromatic N) is 3. The fraction of sp³-hybridized carbons (Fsp3) is 0.333. The quantitative estimate of drug-likeness (QED) is 0.567. The summed E-state index contributed by atoms with van der Waals surface area (Å²) in [6.07, 6.45) is 1.87. The molecule has 7 nitrogen and oxygen atoms in total. The zero-order valence-corrected chi connectivity index (χ0v) is 19.0. The van der Waals surface area contributed by atoms with E-state index in [9.17, 15) is 17.6 Å². The molecule has 33 heavy (non-hydrogen) atoms. The topological polar surface area (TPSA) is 83.7 Å². The average molecular weight is 470 g/mol. The Morgan fingerprint density at radius 1 is 1.03 bits per heavy atom. The molecule has 3 aromatic rings. The number of carbonyl (C=O) groups excluding carboxylic acids is 1. The van der Waals surface area contributed by atoms with Crippen LogP contribution in [-0.2, 0) is 14.6 Å². The van der Waals surface area contributed by atoms with E-state index < -0.39 is 15.7 Å². The summed E-state index contributed by atoms with van der Waals surface area (Å²) in [5.74, 6) is -0.277. The van der Waals surface area contributed by atoms with Crippen molar-refractivity contribution >= 4 is 21.6 Å². The molecule has 1 saturated heterocycles. The molecule has 172 valence electrons. The van der Waals surface area contributed by atoms with Crippen molar-refractivity contribution < 1.29 is 22.0 Å². The largest absolute Gasteiger partial charge is 0.419 e. The van der Waals surface area contributed by atoms with E-state index in [4.69, 9.17) is 4.42 Å². The molecule has 1 aromatic heterocycles. The molecule has 1 aliphatic carbocycles. The van der Waals surface area contributed by atoms with Crippen LogP contribution in [0.1, 0.15) is 18.4 Å². The van der Waals surface area contributed by atoms with Crippen LogP contribution in [0, 0.1) is 18.7 Å². The van der Waals surface area contributed by atoms with Gasteiger partial charge in [0, 0.05) is 32.1 Å². The molecule has 2 heterocycles. The Bertz CT molecular complexity index is 1290. The number of sulfone groups is 1. The van der Waals surface area contributed by atoms with Gasteiger partial charge in [0.1, 0.15) is 5.82 Å². The minimum Gasteiger partial charge on any atom is -0.419 e. The van der Waals surface area contributed by atoms with Gasteiger partial charge in [0.2, 0.25) is 32.5 Å². The third-order valence-corrected chi connectivity index (χ3v) is 7.74. The standard InChI is InChI=1S/C24H24FN3O4S/c1-16-6-10-18(11-7-16)33(30,31)22-24(32-21(26-22)19-4-2-3-5-20(19)25)28-14-12-27(13-15-28)23(29)17-8-9-17/h2-7,10-11,17H,8-9,12-15H2,1H3. The highest BCUT2D eigenvalue weighted by atomic mass is 32.2. The molecule has 0 atom stereocenters. The van der Waals surface area contributed by atoms with Crippen LogP contribution >= 0.6 is 0 Å². The summed E-state index contributed by atoms with van der Waals surface area (Å²) < 4.78 is 47.3. The van der Waals surface area contributed by atoms with Gasteiger partial charge in [0.05, 0.1) is 10.5 Å². The first-order chi connectivity index (χ1) is 15.8. The van der Waals surface area contributed by atoms with Gasteiger partial charge in [-0.15, -0.1) is 0 Å². The van der Waals surface area contributed by atoms with Gasteiger partial charge >= 0.3 is 0 Å². The average Bonchev–Trinajstić information content (AvgIpc) is 3.57. The molecule has 2 fully saturated rings. The molecule has 2 aromatic carbocycles. The van der Waals surface area contributed by atoms with E-state index in [1.807, 2.05) is 11.8 Å². The maximum Gasteiger partial charge on any atom is 0.236 e. The highest BCUT2D eigenvalue weighted by Crippen LogP contribution is 2.36. The number of hydrogen-bond donors (Lipinski definition) is 0. The number of aromatic nitrogens is 1. The summed E-state index contributed by atoms with van der Waals surface area (Å²) in [6.45, 7) is 3.61. The van der Waals surface area contributed by atoms with E-state index in [-0.39, 0.29) is 39.1 Å². The number of piperazine rings is 1. The van der Waals surface area contributed by atoms with Gasteiger partial charge in [-0.25, -0.2) is 12.8 Å². The molecular weight excluding hydrogens is 445 g/mol. The van der Waals surface area contributed by atoms with Crippen molar-refractivity contribution in [3.05, 3.63) is 59.9 Å². The van der Waals surface area contributed by atoms with E-state index in [0.717, 1.165) is 18.4 Å². The molecule has 1 amide bonds. The third-order valence-electron chi connectivity index (χ3n) is 6.07. The van der Waals surface area contributed by atoms with E-state index in [2.05, 4.69) is 4.98 Å². The second-order valence-corrected chi connectivity index (χ2v) is 10.4. The number of hydrogen-bond acceptors (Lipinski definition) is 6. The van der Waals surface area contributed by atoms with Crippen LogP contribution in [0.4, 0.5) is 10.3 Å². The van der Waals surface area contributed by atoms with Crippen LogP contribution in [-0.4, -0.2) is 50.4 Å². The molecule has 5 rings (SSSR count). The van der Waals surface area contributed by atoms with Crippen molar-refractivity contribution in [2.24, 2.45) is 5.92 Å². The van der Waals surface area contributed by atoms with Crippen LogP contribution in [0.25, 0.3) is 11.5 Å². The number of carbonyl (C=O) groups is 1. The molecule has 0 unspecified atom stereocenters. The minimum absolute atomic E-state index is 0.0762. The van der Waals surface area contributed by atoms with Crippen molar-refractivity contribution in [1.29, 1.82) is 0 Å². The van der Waals surface area contributed by atoms with E-state index in [0.29, 0.717) is 26.2 Å². The van der Waals surface area contributed by atoms with Gasteiger partial charge in [-0.05, 0) is 44.0 Å². The second-order valence-electron chi connectivity index (χ2n) is 8.51. The molecule has 2 aliphatic rings. The lowest BCUT2D eigenvalue weighted by molar-refractivity contribution is -0.132. The van der Waals surface area contributed by atoms with Crippen molar-refractivity contribution in [2.45, 2.75) is 29.7 Å². The Hall–Kier alpha value is -3.20. The van der Waals surface area contributed by atoms with Gasteiger partial charge in [0.25, 0.3) is 0 Å². The summed E-state index contributed by atoms with van der Waals surface area (Å²) in [7, 11) is -4.02. The predicted molar refractivity (Wildman–Crippen MR) is 120 cm³/mol. The molecule has 0 N–H and O–H groups in total. The number of rotatable bonds is 5. The Balaban J connectivity index is 1.53. The van der Waals surface area contributed by atoms with Crippen LogP contribution in [0.2, 0.25) is 0 Å². The highest BCUT2D eigenvalue weighted by Gasteiger charge is 2.37. The monoisotopic (exact) mass is 469 g/mol. The van der Waals surface area contributed by atoms with E-state index >= 15 is 0 Å². The summed E-state index contributed by atoms with van der Waals surface area (Å²) in [6, 6.07) is 12.4. The summed E-state index contributed by atoms with van der Waals surface area (Å²) in [5.41, 5.74) is 1.02. The normalized spacial score (nSPS) is 16.8. The highest BCUT2D eigenvalue weighted by molar-refractivity contribution is 7.91. The van der Waals surface area contributed by atoms with E-state index in [1.54, 1.807) is 29.2 Å². The molecular formula is C24H24FN3O4S. The number of anilines is 1. The first-order valence-corrected chi connectivity index (χ1v) is 12.4. The van der Waals surface area contributed by atoms with Gasteiger partial charge < -0.3 is 14.2 Å².